The predicted octanol–water partition coefficient (Wildman–Crippen LogP) is 4.40. The molecule has 32 heavy (non-hydrogen) atoms. The van der Waals surface area contributed by atoms with Crippen LogP contribution in [-0.2, 0) is 11.0 Å². The number of aromatic nitrogens is 1. The molecule has 4 amide bonds. The number of H-pyrrole nitrogens is 1. The molecule has 0 aliphatic rings. The molecule has 0 aliphatic heterocycles. The van der Waals surface area contributed by atoms with Crippen LogP contribution in [-0.4, -0.2) is 22.8 Å². The lowest BCUT2D eigenvalue weighted by Crippen LogP contribution is -2.21. The third-order valence-corrected chi connectivity index (χ3v) is 4.36. The van der Waals surface area contributed by atoms with Crippen molar-refractivity contribution in [1.29, 1.82) is 0 Å². The number of nitrogens with two attached hydrogens (primary N) is 1. The number of hydrogen-bond donors (Lipinski definition) is 5. The van der Waals surface area contributed by atoms with E-state index in [-0.39, 0.29) is 17.1 Å². The van der Waals surface area contributed by atoms with Gasteiger partial charge in [0.1, 0.15) is 5.82 Å². The van der Waals surface area contributed by atoms with Crippen LogP contribution in [0.2, 0.25) is 0 Å². The fourth-order valence-corrected chi connectivity index (χ4v) is 3.04. The quantitative estimate of drug-likeness (QED) is 0.399. The molecule has 0 atom stereocenters. The van der Waals surface area contributed by atoms with Gasteiger partial charge in [0.25, 0.3) is 5.91 Å². The number of carbonyl (C=O) groups excluding carboxylic acids is 3. The molecule has 3 rings (SSSR count). The van der Waals surface area contributed by atoms with Gasteiger partial charge < -0.3 is 26.7 Å². The van der Waals surface area contributed by atoms with Crippen LogP contribution in [0.3, 0.4) is 0 Å². The summed E-state index contributed by atoms with van der Waals surface area (Å²) < 4.78 is 39.2. The number of aromatic amines is 1. The Balaban J connectivity index is 1.76. The minimum absolute atomic E-state index is 0.0856. The van der Waals surface area contributed by atoms with E-state index in [1.54, 1.807) is 12.1 Å². The van der Waals surface area contributed by atoms with Gasteiger partial charge in [-0.3, -0.25) is 9.59 Å². The molecule has 0 saturated heterocycles. The van der Waals surface area contributed by atoms with Crippen LogP contribution < -0.4 is 21.7 Å². The van der Waals surface area contributed by atoms with E-state index in [1.165, 1.54) is 37.4 Å². The molecule has 11 heteroatoms. The summed E-state index contributed by atoms with van der Waals surface area (Å²) in [6, 6.07) is 9.91. The molecule has 8 nitrogen and oxygen atoms in total. The van der Waals surface area contributed by atoms with Crippen molar-refractivity contribution >= 4 is 35.0 Å². The Hall–Kier alpha value is -4.28. The number of benzene rings is 2. The number of carbonyl (C=O) groups is 3. The summed E-state index contributed by atoms with van der Waals surface area (Å²) in [5, 5.41) is 7.10. The van der Waals surface area contributed by atoms with Gasteiger partial charge in [-0.05, 0) is 29.8 Å². The van der Waals surface area contributed by atoms with Gasteiger partial charge in [0.2, 0.25) is 5.91 Å². The number of alkyl halides is 3. The van der Waals surface area contributed by atoms with Crippen LogP contribution in [0.4, 0.5) is 35.2 Å². The largest absolute Gasteiger partial charge is 0.418 e. The monoisotopic (exact) mass is 445 g/mol. The maximum Gasteiger partial charge on any atom is 0.418 e. The highest BCUT2D eigenvalue weighted by atomic mass is 19.4. The summed E-state index contributed by atoms with van der Waals surface area (Å²) >= 11 is 0. The Bertz CT molecular complexity index is 1170. The van der Waals surface area contributed by atoms with Gasteiger partial charge in [0.15, 0.2) is 0 Å². The minimum Gasteiger partial charge on any atom is -0.365 e. The van der Waals surface area contributed by atoms with Crippen LogP contribution in [0.5, 0.6) is 0 Å². The molecule has 3 aromatic rings. The number of nitrogens with one attached hydrogen (secondary N) is 4. The molecular formula is C21H18F3N5O3. The van der Waals surface area contributed by atoms with Gasteiger partial charge >= 0.3 is 12.2 Å². The molecular weight excluding hydrogens is 427 g/mol. The Morgan fingerprint density at radius 1 is 0.938 bits per heavy atom. The van der Waals surface area contributed by atoms with Gasteiger partial charge in [-0.15, -0.1) is 0 Å². The molecule has 0 bridgehead atoms. The molecule has 0 radical (unpaired) electrons. The van der Waals surface area contributed by atoms with Crippen molar-refractivity contribution in [3.63, 3.8) is 0 Å². The van der Waals surface area contributed by atoms with Crippen molar-refractivity contribution in [2.45, 2.75) is 13.1 Å². The van der Waals surface area contributed by atoms with Crippen molar-refractivity contribution in [3.05, 3.63) is 65.9 Å². The first-order chi connectivity index (χ1) is 15.1. The van der Waals surface area contributed by atoms with E-state index in [9.17, 15) is 27.6 Å². The highest BCUT2D eigenvalue weighted by Crippen LogP contribution is 2.34. The van der Waals surface area contributed by atoms with Gasteiger partial charge in [0.05, 0.1) is 16.8 Å². The van der Waals surface area contributed by atoms with Crippen molar-refractivity contribution in [3.8, 4) is 11.1 Å². The molecule has 166 valence electrons. The maximum absolute atomic E-state index is 13.1. The topological polar surface area (TPSA) is 129 Å². The third-order valence-electron chi connectivity index (χ3n) is 4.36. The Morgan fingerprint density at radius 2 is 1.59 bits per heavy atom. The lowest BCUT2D eigenvalue weighted by Gasteiger charge is -2.14. The zero-order valence-corrected chi connectivity index (χ0v) is 16.6. The second-order valence-corrected chi connectivity index (χ2v) is 6.70. The molecule has 0 saturated carbocycles. The van der Waals surface area contributed by atoms with Crippen LogP contribution in [0.25, 0.3) is 11.1 Å². The molecule has 0 unspecified atom stereocenters. The zero-order chi connectivity index (χ0) is 23.5. The second kappa shape index (κ2) is 8.84. The minimum atomic E-state index is -4.61. The molecule has 1 aromatic heterocycles. The summed E-state index contributed by atoms with van der Waals surface area (Å²) in [4.78, 5) is 38.1. The van der Waals surface area contributed by atoms with E-state index in [4.69, 9.17) is 5.73 Å². The first kappa shape index (κ1) is 22.4. The average Bonchev–Trinajstić information content (AvgIpc) is 3.11. The van der Waals surface area contributed by atoms with Gasteiger partial charge in [-0.25, -0.2) is 4.79 Å². The summed E-state index contributed by atoms with van der Waals surface area (Å²) in [6.07, 6.45) is -3.12. The van der Waals surface area contributed by atoms with E-state index in [0.717, 1.165) is 12.1 Å². The van der Waals surface area contributed by atoms with E-state index in [0.29, 0.717) is 16.8 Å². The second-order valence-electron chi connectivity index (χ2n) is 6.70. The van der Waals surface area contributed by atoms with E-state index >= 15 is 0 Å². The molecule has 0 spiro atoms. The zero-order valence-electron chi connectivity index (χ0n) is 16.6. The predicted molar refractivity (Wildman–Crippen MR) is 113 cm³/mol. The summed E-state index contributed by atoms with van der Waals surface area (Å²) in [5.74, 6) is -0.988. The number of primary amides is 1. The highest BCUT2D eigenvalue weighted by Gasteiger charge is 2.33. The molecule has 0 aliphatic carbocycles. The third kappa shape index (κ3) is 5.06. The summed E-state index contributed by atoms with van der Waals surface area (Å²) in [6.45, 7) is 1.28. The highest BCUT2D eigenvalue weighted by molar-refractivity contribution is 6.07. The standard InChI is InChI=1S/C21H18F3N5O3/c1-11(30)27-19-17(18(25)31)14(10-26-19)12-6-8-13(9-7-12)28-20(32)29-16-5-3-2-4-15(16)21(22,23)24/h2-10,26H,1H3,(H2,25,31)(H,27,30)(H2,28,29,32). The number of rotatable bonds is 5. The SMILES string of the molecule is CC(=O)Nc1[nH]cc(-c2ccc(NC(=O)Nc3ccccc3C(F)(F)F)cc2)c1C(N)=O. The van der Waals surface area contributed by atoms with E-state index < -0.39 is 29.6 Å². The van der Waals surface area contributed by atoms with Crippen molar-refractivity contribution in [2.24, 2.45) is 5.73 Å². The first-order valence-corrected chi connectivity index (χ1v) is 9.19. The number of amides is 4. The average molecular weight is 445 g/mol. The van der Waals surface area contributed by atoms with Gasteiger partial charge in [-0.2, -0.15) is 13.2 Å². The first-order valence-electron chi connectivity index (χ1n) is 9.19. The van der Waals surface area contributed by atoms with E-state index in [1.807, 2.05) is 0 Å². The lowest BCUT2D eigenvalue weighted by molar-refractivity contribution is -0.136. The van der Waals surface area contributed by atoms with Gasteiger partial charge in [-0.1, -0.05) is 24.3 Å². The van der Waals surface area contributed by atoms with Crippen molar-refractivity contribution in [2.75, 3.05) is 16.0 Å². The number of hydrogen-bond acceptors (Lipinski definition) is 3. The molecule has 1 heterocycles. The maximum atomic E-state index is 13.1. The number of urea groups is 1. The lowest BCUT2D eigenvalue weighted by atomic mass is 10.0. The Labute approximate surface area is 180 Å². The number of para-hydroxylation sites is 1. The van der Waals surface area contributed by atoms with Crippen LogP contribution in [0.15, 0.2) is 54.7 Å². The van der Waals surface area contributed by atoms with Crippen molar-refractivity contribution < 1.29 is 27.6 Å². The number of halogens is 3. The normalized spacial score (nSPS) is 11.0. The fraction of sp³-hybridized carbons (Fsp3) is 0.0952. The van der Waals surface area contributed by atoms with E-state index in [2.05, 4.69) is 20.9 Å². The Morgan fingerprint density at radius 3 is 2.19 bits per heavy atom. The van der Waals surface area contributed by atoms with Crippen LogP contribution >= 0.6 is 0 Å². The number of anilines is 3. The molecule has 6 N–H and O–H groups in total. The fourth-order valence-electron chi connectivity index (χ4n) is 3.04. The van der Waals surface area contributed by atoms with Crippen LogP contribution in [0, 0.1) is 0 Å². The summed E-state index contributed by atoms with van der Waals surface area (Å²) in [7, 11) is 0. The Kier molecular flexibility index (Phi) is 6.19. The molecule has 2 aromatic carbocycles. The van der Waals surface area contributed by atoms with Gasteiger partial charge in [0, 0.05) is 24.4 Å². The van der Waals surface area contributed by atoms with Crippen LogP contribution in [0.1, 0.15) is 22.8 Å². The smallest absolute Gasteiger partial charge is 0.365 e. The molecule has 0 fully saturated rings. The summed E-state index contributed by atoms with van der Waals surface area (Å²) in [5.41, 5.74) is 5.45. The van der Waals surface area contributed by atoms with Crippen molar-refractivity contribution in [1.82, 2.24) is 4.98 Å².